The molecule has 0 unspecified atom stereocenters. The first-order valence-electron chi connectivity index (χ1n) is 9.38. The number of pyridine rings is 1. The van der Waals surface area contributed by atoms with Crippen LogP contribution in [-0.4, -0.2) is 37.4 Å². The van der Waals surface area contributed by atoms with Gasteiger partial charge in [0.15, 0.2) is 4.77 Å². The van der Waals surface area contributed by atoms with Gasteiger partial charge < -0.3 is 5.11 Å². The number of aromatic hydroxyl groups is 1. The lowest BCUT2D eigenvalue weighted by Crippen LogP contribution is -2.29. The standard InChI is InChI=1S/C19H25N5O2S/c1-2-3-10-23-18(26)15(17(25)22-19(23)27)13-21-24-11-5-4-8-16(24)14-7-6-9-20-12-14/h6-7,9,12-13,16,26H,2-5,8,10-11H2,1H3,(H,22,25,27)/b21-13+/t16-/m1/s1. The van der Waals surface area contributed by atoms with Crippen LogP contribution in [0.25, 0.3) is 0 Å². The number of rotatable bonds is 6. The highest BCUT2D eigenvalue weighted by Gasteiger charge is 2.23. The molecule has 1 aliphatic heterocycles. The van der Waals surface area contributed by atoms with Crippen molar-refractivity contribution in [1.29, 1.82) is 0 Å². The van der Waals surface area contributed by atoms with Crippen LogP contribution in [0.2, 0.25) is 0 Å². The van der Waals surface area contributed by atoms with Crippen LogP contribution in [0.15, 0.2) is 34.4 Å². The number of nitrogens with one attached hydrogen (secondary N) is 1. The highest BCUT2D eigenvalue weighted by atomic mass is 32.1. The molecule has 0 spiro atoms. The van der Waals surface area contributed by atoms with Gasteiger partial charge in [0.1, 0.15) is 5.56 Å². The maximum atomic E-state index is 12.3. The molecular formula is C19H25N5O2S. The summed E-state index contributed by atoms with van der Waals surface area (Å²) >= 11 is 5.18. The van der Waals surface area contributed by atoms with Crippen molar-refractivity contribution in [2.45, 2.75) is 51.6 Å². The van der Waals surface area contributed by atoms with E-state index in [2.05, 4.69) is 22.0 Å². The van der Waals surface area contributed by atoms with Gasteiger partial charge in [-0.2, -0.15) is 5.10 Å². The average Bonchev–Trinajstić information content (AvgIpc) is 2.68. The fraction of sp³-hybridized carbons (Fsp3) is 0.474. The van der Waals surface area contributed by atoms with Crippen LogP contribution < -0.4 is 5.56 Å². The normalized spacial score (nSPS) is 17.5. The van der Waals surface area contributed by atoms with E-state index in [1.807, 2.05) is 23.3 Å². The Morgan fingerprint density at radius 2 is 2.33 bits per heavy atom. The molecule has 1 saturated heterocycles. The number of unbranched alkanes of at least 4 members (excludes halogenated alkanes) is 1. The van der Waals surface area contributed by atoms with E-state index in [4.69, 9.17) is 12.2 Å². The number of aromatic amines is 1. The number of hydrogen-bond donors (Lipinski definition) is 2. The van der Waals surface area contributed by atoms with Crippen LogP contribution in [0.3, 0.4) is 0 Å². The van der Waals surface area contributed by atoms with Crippen LogP contribution in [0.4, 0.5) is 0 Å². The van der Waals surface area contributed by atoms with Gasteiger partial charge in [0.2, 0.25) is 5.88 Å². The van der Waals surface area contributed by atoms with Crippen molar-refractivity contribution in [1.82, 2.24) is 19.5 Å². The van der Waals surface area contributed by atoms with Gasteiger partial charge >= 0.3 is 0 Å². The largest absolute Gasteiger partial charge is 0.494 e. The molecule has 3 rings (SSSR count). The second kappa shape index (κ2) is 8.94. The van der Waals surface area contributed by atoms with E-state index < -0.39 is 5.56 Å². The molecule has 2 aromatic heterocycles. The quantitative estimate of drug-likeness (QED) is 0.586. The molecule has 1 fully saturated rings. The molecule has 0 bridgehead atoms. The zero-order valence-electron chi connectivity index (χ0n) is 15.5. The first-order chi connectivity index (χ1) is 13.1. The second-order valence-electron chi connectivity index (χ2n) is 6.71. The van der Waals surface area contributed by atoms with Crippen molar-refractivity contribution < 1.29 is 5.11 Å². The van der Waals surface area contributed by atoms with E-state index in [-0.39, 0.29) is 22.3 Å². The molecule has 144 valence electrons. The molecule has 1 aliphatic rings. The molecule has 0 amide bonds. The Morgan fingerprint density at radius 1 is 1.48 bits per heavy atom. The monoisotopic (exact) mass is 387 g/mol. The van der Waals surface area contributed by atoms with Crippen LogP contribution in [0.5, 0.6) is 5.88 Å². The van der Waals surface area contributed by atoms with Crippen molar-refractivity contribution in [2.24, 2.45) is 5.10 Å². The van der Waals surface area contributed by atoms with Crippen molar-refractivity contribution >= 4 is 18.4 Å². The van der Waals surface area contributed by atoms with Gasteiger partial charge in [-0.05, 0) is 49.5 Å². The number of nitrogens with zero attached hydrogens (tertiary/aromatic N) is 4. The Hall–Kier alpha value is -2.48. The van der Waals surface area contributed by atoms with E-state index in [0.717, 1.165) is 44.2 Å². The Labute approximate surface area is 163 Å². The summed E-state index contributed by atoms with van der Waals surface area (Å²) in [5, 5.41) is 17.1. The lowest BCUT2D eigenvalue weighted by molar-refractivity contribution is 0.156. The van der Waals surface area contributed by atoms with Gasteiger partial charge in [-0.3, -0.25) is 24.3 Å². The first-order valence-corrected chi connectivity index (χ1v) is 9.79. The lowest BCUT2D eigenvalue weighted by atomic mass is 9.98. The minimum Gasteiger partial charge on any atom is -0.494 e. The van der Waals surface area contributed by atoms with Gasteiger partial charge in [0.05, 0.1) is 12.3 Å². The topological polar surface area (TPSA) is 86.5 Å². The Bertz CT molecular complexity index is 907. The summed E-state index contributed by atoms with van der Waals surface area (Å²) in [6.45, 7) is 3.41. The van der Waals surface area contributed by atoms with Gasteiger partial charge in [0, 0.05) is 25.5 Å². The molecule has 27 heavy (non-hydrogen) atoms. The Balaban J connectivity index is 1.90. The Kier molecular flexibility index (Phi) is 6.39. The summed E-state index contributed by atoms with van der Waals surface area (Å²) in [7, 11) is 0. The SMILES string of the molecule is CCCCn1c(O)c(/C=N/N2CCCC[C@@H]2c2cccnc2)c(=O)[nH]c1=S. The van der Waals surface area contributed by atoms with Gasteiger partial charge in [-0.25, -0.2) is 0 Å². The van der Waals surface area contributed by atoms with Crippen molar-refractivity contribution in [2.75, 3.05) is 6.54 Å². The summed E-state index contributed by atoms with van der Waals surface area (Å²) in [6, 6.07) is 4.08. The predicted octanol–water partition coefficient (Wildman–Crippen LogP) is 3.37. The van der Waals surface area contributed by atoms with Crippen molar-refractivity contribution in [3.8, 4) is 5.88 Å². The molecule has 8 heteroatoms. The molecule has 7 nitrogen and oxygen atoms in total. The molecule has 0 radical (unpaired) electrons. The van der Waals surface area contributed by atoms with E-state index in [9.17, 15) is 9.90 Å². The van der Waals surface area contributed by atoms with Gasteiger partial charge in [0.25, 0.3) is 5.56 Å². The molecule has 1 atom stereocenters. The predicted molar refractivity (Wildman–Crippen MR) is 108 cm³/mol. The highest BCUT2D eigenvalue weighted by Crippen LogP contribution is 2.30. The summed E-state index contributed by atoms with van der Waals surface area (Å²) in [5.74, 6) is -0.129. The number of H-pyrrole nitrogens is 1. The fourth-order valence-corrected chi connectivity index (χ4v) is 3.58. The van der Waals surface area contributed by atoms with Gasteiger partial charge in [-0.1, -0.05) is 19.4 Å². The maximum Gasteiger partial charge on any atom is 0.264 e. The zero-order chi connectivity index (χ0) is 19.2. The smallest absolute Gasteiger partial charge is 0.264 e. The number of hydrazone groups is 1. The first kappa shape index (κ1) is 19.3. The third kappa shape index (κ3) is 4.44. The summed E-state index contributed by atoms with van der Waals surface area (Å²) in [4.78, 5) is 19.1. The van der Waals surface area contributed by atoms with Crippen LogP contribution in [-0.2, 0) is 6.54 Å². The number of piperidine rings is 1. The molecule has 2 N–H and O–H groups in total. The molecule has 0 aliphatic carbocycles. The van der Waals surface area contributed by atoms with Crippen molar-refractivity contribution in [3.05, 3.63) is 50.8 Å². The average molecular weight is 388 g/mol. The molecule has 2 aromatic rings. The molecular weight excluding hydrogens is 362 g/mol. The Morgan fingerprint density at radius 3 is 3.07 bits per heavy atom. The minimum absolute atomic E-state index is 0.121. The van der Waals surface area contributed by atoms with Crippen LogP contribution >= 0.6 is 12.2 Å². The van der Waals surface area contributed by atoms with Crippen molar-refractivity contribution in [3.63, 3.8) is 0 Å². The van der Waals surface area contributed by atoms with Gasteiger partial charge in [-0.15, -0.1) is 0 Å². The van der Waals surface area contributed by atoms with Crippen LogP contribution in [0, 0.1) is 4.77 Å². The summed E-state index contributed by atoms with van der Waals surface area (Å²) < 4.78 is 1.78. The minimum atomic E-state index is -0.427. The van der Waals surface area contributed by atoms with E-state index in [0.29, 0.717) is 6.54 Å². The molecule has 0 aromatic carbocycles. The zero-order valence-corrected chi connectivity index (χ0v) is 16.3. The number of hydrogen-bond acceptors (Lipinski definition) is 6. The summed E-state index contributed by atoms with van der Waals surface area (Å²) in [5.41, 5.74) is 0.811. The van der Waals surface area contributed by atoms with E-state index in [1.165, 1.54) is 6.21 Å². The molecule has 3 heterocycles. The fourth-order valence-electron chi connectivity index (χ4n) is 3.31. The highest BCUT2D eigenvalue weighted by molar-refractivity contribution is 7.71. The maximum absolute atomic E-state index is 12.3. The number of aromatic nitrogens is 3. The third-order valence-corrected chi connectivity index (χ3v) is 5.14. The van der Waals surface area contributed by atoms with E-state index in [1.54, 1.807) is 10.8 Å². The second-order valence-corrected chi connectivity index (χ2v) is 7.09. The lowest BCUT2D eigenvalue weighted by Gasteiger charge is -2.33. The summed E-state index contributed by atoms with van der Waals surface area (Å²) in [6.07, 6.45) is 10.0. The van der Waals surface area contributed by atoms with Crippen LogP contribution in [0.1, 0.15) is 56.2 Å². The third-order valence-electron chi connectivity index (χ3n) is 4.82. The van der Waals surface area contributed by atoms with E-state index >= 15 is 0 Å². The molecule has 0 saturated carbocycles.